The number of nitrogens with zero attached hydrogens (tertiary/aromatic N) is 1. The Morgan fingerprint density at radius 1 is 1.78 bits per heavy atom. The Labute approximate surface area is 51.0 Å². The monoisotopic (exact) mass is 129 g/mol. The van der Waals surface area contributed by atoms with E-state index in [1.165, 1.54) is 0 Å². The molecule has 1 aliphatic heterocycles. The highest BCUT2D eigenvalue weighted by atomic mass is 16.3. The highest BCUT2D eigenvalue weighted by molar-refractivity contribution is 5.97. The van der Waals surface area contributed by atoms with Crippen molar-refractivity contribution in [2.75, 3.05) is 0 Å². The van der Waals surface area contributed by atoms with Crippen LogP contribution in [0.2, 0.25) is 0 Å². The fourth-order valence-corrected chi connectivity index (χ4v) is 0.547. The van der Waals surface area contributed by atoms with Crippen LogP contribution in [0.4, 0.5) is 0 Å². The Kier molecular flexibility index (Phi) is 1.35. The minimum Gasteiger partial charge on any atom is -0.355 e. The summed E-state index contributed by atoms with van der Waals surface area (Å²) in [4.78, 5) is 13.4. The van der Waals surface area contributed by atoms with Gasteiger partial charge in [0.2, 0.25) is 12.3 Å². The number of carbonyl (C=O) groups is 1. The summed E-state index contributed by atoms with van der Waals surface area (Å²) in [7, 11) is 0. The maximum Gasteiger partial charge on any atom is 0.254 e. The maximum absolute atomic E-state index is 10.3. The molecule has 9 heavy (non-hydrogen) atoms. The average molecular weight is 129 g/mol. The van der Waals surface area contributed by atoms with E-state index in [1.54, 1.807) is 0 Å². The zero-order valence-electron chi connectivity index (χ0n) is 4.50. The molecule has 1 atom stereocenters. The first-order valence-electron chi connectivity index (χ1n) is 2.39. The van der Waals surface area contributed by atoms with E-state index in [-0.39, 0.29) is 6.42 Å². The van der Waals surface area contributed by atoms with Crippen molar-refractivity contribution in [1.82, 2.24) is 5.32 Å². The molecule has 0 fully saturated rings. The van der Waals surface area contributed by atoms with Crippen molar-refractivity contribution in [1.29, 1.82) is 0 Å². The van der Waals surface area contributed by atoms with E-state index in [0.29, 0.717) is 0 Å². The maximum atomic E-state index is 10.3. The van der Waals surface area contributed by atoms with E-state index < -0.39 is 18.2 Å². The molecule has 1 aliphatic rings. The van der Waals surface area contributed by atoms with E-state index in [4.69, 9.17) is 5.11 Å². The number of rotatable bonds is 0. The zero-order chi connectivity index (χ0) is 6.85. The van der Waals surface area contributed by atoms with Crippen LogP contribution in [0.25, 0.3) is 0 Å². The second kappa shape index (κ2) is 2.02. The van der Waals surface area contributed by atoms with E-state index in [0.717, 1.165) is 0 Å². The molecule has 1 rings (SSSR count). The number of aliphatic hydroxyl groups excluding tert-OH is 1. The Hall–Kier alpha value is -1.10. The third-order valence-electron chi connectivity index (χ3n) is 0.868. The highest BCUT2D eigenvalue weighted by Gasteiger charge is 2.17. The zero-order valence-corrected chi connectivity index (χ0v) is 4.50. The van der Waals surface area contributed by atoms with Crippen molar-refractivity contribution in [2.24, 2.45) is 4.99 Å². The summed E-state index contributed by atoms with van der Waals surface area (Å²) < 4.78 is 0. The number of hydrogen-bond donors (Lipinski definition) is 2. The van der Waals surface area contributed by atoms with Crippen molar-refractivity contribution in [3.05, 3.63) is 0 Å². The van der Waals surface area contributed by atoms with Gasteiger partial charge in [-0.3, -0.25) is 9.90 Å². The molecule has 0 aliphatic carbocycles. The lowest BCUT2D eigenvalue weighted by atomic mass is 10.4. The number of hydrogen-bond acceptors (Lipinski definition) is 3. The summed E-state index contributed by atoms with van der Waals surface area (Å²) in [5.74, 6) is -1.06. The molecule has 0 aromatic rings. The smallest absolute Gasteiger partial charge is 0.254 e. The lowest BCUT2D eigenvalue weighted by Crippen LogP contribution is -2.39. The first-order valence-corrected chi connectivity index (χ1v) is 2.39. The molecule has 1 radical (unpaired) electrons. The number of aliphatic hydroxyl groups is 1. The van der Waals surface area contributed by atoms with Crippen molar-refractivity contribution < 1.29 is 15.0 Å². The van der Waals surface area contributed by atoms with Crippen LogP contribution < -0.4 is 5.32 Å². The van der Waals surface area contributed by atoms with Crippen LogP contribution in [0.5, 0.6) is 0 Å². The molecule has 0 aromatic heterocycles. The summed E-state index contributed by atoms with van der Waals surface area (Å²) in [5, 5.41) is 20.9. The van der Waals surface area contributed by atoms with Gasteiger partial charge in [0.15, 0.2) is 0 Å². The van der Waals surface area contributed by atoms with Crippen LogP contribution in [-0.2, 0) is 9.90 Å². The molecule has 1 amide bonds. The molecular formula is C4H5N2O3. The summed E-state index contributed by atoms with van der Waals surface area (Å²) in [6.07, 6.45) is -1.59. The van der Waals surface area contributed by atoms with Gasteiger partial charge >= 0.3 is 0 Å². The van der Waals surface area contributed by atoms with Gasteiger partial charge in [-0.15, -0.1) is 0 Å². The summed E-state index contributed by atoms with van der Waals surface area (Å²) in [5.41, 5.74) is 0. The van der Waals surface area contributed by atoms with Gasteiger partial charge in [0.05, 0.1) is 0 Å². The van der Waals surface area contributed by atoms with Crippen molar-refractivity contribution >= 4 is 11.8 Å². The Morgan fingerprint density at radius 2 is 2.44 bits per heavy atom. The quantitative estimate of drug-likeness (QED) is 0.422. The molecule has 0 spiro atoms. The number of amides is 1. The molecule has 0 aromatic carbocycles. The van der Waals surface area contributed by atoms with Gasteiger partial charge in [-0.1, -0.05) is 0 Å². The Bertz CT molecular complexity index is 165. The van der Waals surface area contributed by atoms with Crippen LogP contribution in [-0.4, -0.2) is 23.3 Å². The standard InChI is InChI=1S/C4H5N2O3/c7-2-1-3(8)6-4(9)5-2/h4,9H,1H2,(H,5,7). The largest absolute Gasteiger partial charge is 0.355 e. The Morgan fingerprint density at radius 3 is 2.89 bits per heavy atom. The molecule has 0 saturated heterocycles. The second-order valence-electron chi connectivity index (χ2n) is 1.64. The molecular weight excluding hydrogens is 124 g/mol. The van der Waals surface area contributed by atoms with Gasteiger partial charge < -0.3 is 10.4 Å². The minimum atomic E-state index is -1.33. The van der Waals surface area contributed by atoms with Gasteiger partial charge in [0.25, 0.3) is 5.90 Å². The van der Waals surface area contributed by atoms with Crippen LogP contribution in [0.1, 0.15) is 6.42 Å². The van der Waals surface area contributed by atoms with E-state index in [2.05, 4.69) is 4.99 Å². The molecule has 2 N–H and O–H groups in total. The first-order chi connectivity index (χ1) is 4.18. The van der Waals surface area contributed by atoms with Crippen molar-refractivity contribution in [2.45, 2.75) is 12.8 Å². The summed E-state index contributed by atoms with van der Waals surface area (Å²) in [6, 6.07) is 0. The molecule has 1 heterocycles. The summed E-state index contributed by atoms with van der Waals surface area (Å²) in [6.45, 7) is 0. The van der Waals surface area contributed by atoms with E-state index in [9.17, 15) is 9.90 Å². The lowest BCUT2D eigenvalue weighted by Gasteiger charge is -2.11. The van der Waals surface area contributed by atoms with Crippen molar-refractivity contribution in [3.63, 3.8) is 0 Å². The average Bonchev–Trinajstić information content (AvgIpc) is 1.59. The van der Waals surface area contributed by atoms with Gasteiger partial charge in [0, 0.05) is 0 Å². The van der Waals surface area contributed by atoms with Crippen LogP contribution in [0, 0.1) is 0 Å². The second-order valence-corrected chi connectivity index (χ2v) is 1.64. The molecule has 1 unspecified atom stereocenters. The van der Waals surface area contributed by atoms with Crippen LogP contribution in [0.3, 0.4) is 0 Å². The molecule has 5 heteroatoms. The molecule has 5 nitrogen and oxygen atoms in total. The number of nitrogens with one attached hydrogen (secondary N) is 1. The fraction of sp³-hybridized carbons (Fsp3) is 0.500. The predicted octanol–water partition coefficient (Wildman–Crippen LogP) is -1.39. The normalized spacial score (nSPS) is 27.0. The van der Waals surface area contributed by atoms with Gasteiger partial charge in [-0.2, -0.15) is 4.99 Å². The highest BCUT2D eigenvalue weighted by Crippen LogP contribution is 1.94. The van der Waals surface area contributed by atoms with Crippen molar-refractivity contribution in [3.8, 4) is 0 Å². The topological polar surface area (TPSA) is 81.6 Å². The number of aliphatic imine (C=N–C) groups is 1. The van der Waals surface area contributed by atoms with Gasteiger partial charge in [-0.25, -0.2) is 0 Å². The molecule has 0 bridgehead atoms. The third kappa shape index (κ3) is 1.39. The molecule has 0 saturated carbocycles. The molecule has 49 valence electrons. The number of carbonyl (C=O) groups excluding carboxylic acids is 1. The SMILES string of the molecule is [O]C1=NC(O)NC(=O)C1. The van der Waals surface area contributed by atoms with Gasteiger partial charge in [-0.05, 0) is 0 Å². The predicted molar refractivity (Wildman–Crippen MR) is 26.9 cm³/mol. The van der Waals surface area contributed by atoms with E-state index >= 15 is 0 Å². The van der Waals surface area contributed by atoms with E-state index in [1.807, 2.05) is 5.32 Å². The minimum absolute atomic E-state index is 0.253. The van der Waals surface area contributed by atoms with Crippen LogP contribution >= 0.6 is 0 Å². The van der Waals surface area contributed by atoms with Crippen LogP contribution in [0.15, 0.2) is 4.99 Å². The summed E-state index contributed by atoms with van der Waals surface area (Å²) >= 11 is 0. The van der Waals surface area contributed by atoms with Gasteiger partial charge in [0.1, 0.15) is 6.42 Å². The lowest BCUT2D eigenvalue weighted by molar-refractivity contribution is -0.123. The Balaban J connectivity index is 2.67. The fourth-order valence-electron chi connectivity index (χ4n) is 0.547. The third-order valence-corrected chi connectivity index (χ3v) is 0.868. The first kappa shape index (κ1) is 6.03.